The van der Waals surface area contributed by atoms with E-state index < -0.39 is 0 Å². The number of nitriles is 1. The Morgan fingerprint density at radius 3 is 2.62 bits per heavy atom. The Labute approximate surface area is 193 Å². The molecule has 34 heavy (non-hydrogen) atoms. The Hall–Kier alpha value is -4.45. The summed E-state index contributed by atoms with van der Waals surface area (Å²) in [6.45, 7) is 0. The van der Waals surface area contributed by atoms with E-state index in [0.717, 1.165) is 30.3 Å². The second-order valence-electron chi connectivity index (χ2n) is 8.37. The molecule has 2 aromatic carbocycles. The zero-order valence-electron chi connectivity index (χ0n) is 18.6. The summed E-state index contributed by atoms with van der Waals surface area (Å²) in [5.41, 5.74) is 3.27. The van der Waals surface area contributed by atoms with Crippen molar-refractivity contribution in [2.75, 3.05) is 7.11 Å². The van der Waals surface area contributed by atoms with E-state index in [1.54, 1.807) is 13.1 Å². The van der Waals surface area contributed by atoms with Gasteiger partial charge in [-0.05, 0) is 49.6 Å². The van der Waals surface area contributed by atoms with Crippen molar-refractivity contribution in [2.24, 2.45) is 7.05 Å². The highest BCUT2D eigenvalue weighted by atomic mass is 16.5. The number of benzene rings is 2. The van der Waals surface area contributed by atoms with Crippen LogP contribution < -0.4 is 10.3 Å². The molecular weight excluding hydrogens is 432 g/mol. The van der Waals surface area contributed by atoms with Gasteiger partial charge in [0.25, 0.3) is 5.56 Å². The highest BCUT2D eigenvalue weighted by Crippen LogP contribution is 2.39. The summed E-state index contributed by atoms with van der Waals surface area (Å²) in [7, 11) is 3.07. The number of hydrogen-bond donors (Lipinski definition) is 0. The molecule has 0 atom stereocenters. The third kappa shape index (κ3) is 2.92. The van der Waals surface area contributed by atoms with Crippen LogP contribution in [0.1, 0.15) is 30.9 Å². The molecule has 9 heteroatoms. The van der Waals surface area contributed by atoms with Crippen LogP contribution in [0.25, 0.3) is 45.4 Å². The zero-order valence-corrected chi connectivity index (χ0v) is 18.6. The Morgan fingerprint density at radius 2 is 1.91 bits per heavy atom. The molecule has 0 bridgehead atoms. The fourth-order valence-electron chi connectivity index (χ4n) is 4.42. The molecule has 0 saturated heterocycles. The van der Waals surface area contributed by atoms with E-state index >= 15 is 0 Å². The SMILES string of the molecule is COc1c(-c2nc3ccccc3o2)nc(-c2nc3ccc(C#N)cc3n2C2CCC2)n(C)c1=O. The summed E-state index contributed by atoms with van der Waals surface area (Å²) < 4.78 is 14.9. The topological polar surface area (TPSA) is 112 Å². The molecule has 0 aliphatic heterocycles. The lowest BCUT2D eigenvalue weighted by Gasteiger charge is -2.29. The van der Waals surface area contributed by atoms with Gasteiger partial charge in [-0.25, -0.2) is 15.0 Å². The van der Waals surface area contributed by atoms with Crippen molar-refractivity contribution in [1.82, 2.24) is 24.1 Å². The molecule has 1 fully saturated rings. The van der Waals surface area contributed by atoms with Gasteiger partial charge in [0.05, 0.1) is 29.8 Å². The van der Waals surface area contributed by atoms with Crippen LogP contribution in [0, 0.1) is 11.3 Å². The Bertz CT molecular complexity index is 1650. The first-order valence-electron chi connectivity index (χ1n) is 11.0. The molecule has 3 heterocycles. The van der Waals surface area contributed by atoms with Crippen LogP contribution in [0.2, 0.25) is 0 Å². The maximum absolute atomic E-state index is 13.3. The van der Waals surface area contributed by atoms with Crippen LogP contribution >= 0.6 is 0 Å². The first-order valence-corrected chi connectivity index (χ1v) is 11.0. The van der Waals surface area contributed by atoms with Crippen molar-refractivity contribution in [1.29, 1.82) is 5.26 Å². The first-order chi connectivity index (χ1) is 16.6. The van der Waals surface area contributed by atoms with Gasteiger partial charge < -0.3 is 13.7 Å². The number of rotatable bonds is 4. The molecule has 3 aromatic heterocycles. The molecular formula is C25H20N6O3. The number of para-hydroxylation sites is 2. The van der Waals surface area contributed by atoms with Crippen LogP contribution in [0.4, 0.5) is 0 Å². The molecule has 0 N–H and O–H groups in total. The van der Waals surface area contributed by atoms with Gasteiger partial charge in [-0.2, -0.15) is 5.26 Å². The monoisotopic (exact) mass is 452 g/mol. The number of fused-ring (bicyclic) bond motifs is 2. The van der Waals surface area contributed by atoms with Crippen molar-refractivity contribution in [3.63, 3.8) is 0 Å². The average Bonchev–Trinajstić information content (AvgIpc) is 3.41. The fraction of sp³-hybridized carbons (Fsp3) is 0.240. The summed E-state index contributed by atoms with van der Waals surface area (Å²) in [6, 6.07) is 15.2. The number of aromatic nitrogens is 5. The molecule has 1 saturated carbocycles. The lowest BCUT2D eigenvalue weighted by atomic mass is 9.92. The van der Waals surface area contributed by atoms with Gasteiger partial charge in [0.1, 0.15) is 5.52 Å². The van der Waals surface area contributed by atoms with Crippen molar-refractivity contribution < 1.29 is 9.15 Å². The third-order valence-electron chi connectivity index (χ3n) is 6.41. The van der Waals surface area contributed by atoms with Crippen LogP contribution in [0.15, 0.2) is 51.7 Å². The largest absolute Gasteiger partial charge is 0.489 e. The summed E-state index contributed by atoms with van der Waals surface area (Å²) in [5.74, 6) is 1.20. The standard InChI is InChI=1S/C25H20N6O3/c1-30-22(23-27-16-11-10-14(13-26)12-18(16)31(23)15-6-5-7-15)29-20(21(33-2)25(30)32)24-28-17-8-3-4-9-19(17)34-24/h3-4,8-12,15H,5-7H2,1-2H3. The lowest BCUT2D eigenvalue weighted by molar-refractivity contribution is 0.322. The molecule has 9 nitrogen and oxygen atoms in total. The molecule has 1 aliphatic carbocycles. The molecule has 0 spiro atoms. The van der Waals surface area contributed by atoms with Gasteiger partial charge in [-0.15, -0.1) is 0 Å². The summed E-state index contributed by atoms with van der Waals surface area (Å²) in [6.07, 6.45) is 3.11. The minimum absolute atomic E-state index is 0.0517. The fourth-order valence-corrected chi connectivity index (χ4v) is 4.42. The Balaban J connectivity index is 1.64. The van der Waals surface area contributed by atoms with Crippen molar-refractivity contribution in [2.45, 2.75) is 25.3 Å². The van der Waals surface area contributed by atoms with Gasteiger partial charge in [-0.1, -0.05) is 12.1 Å². The van der Waals surface area contributed by atoms with Gasteiger partial charge in [-0.3, -0.25) is 9.36 Å². The molecule has 5 aromatic rings. The average molecular weight is 452 g/mol. The highest BCUT2D eigenvalue weighted by molar-refractivity contribution is 5.82. The second kappa shape index (κ2) is 7.56. The summed E-state index contributed by atoms with van der Waals surface area (Å²) in [5, 5.41) is 9.41. The van der Waals surface area contributed by atoms with E-state index in [2.05, 4.69) is 15.6 Å². The first kappa shape index (κ1) is 20.2. The van der Waals surface area contributed by atoms with Gasteiger partial charge in [0, 0.05) is 13.1 Å². The predicted molar refractivity (Wildman–Crippen MR) is 125 cm³/mol. The number of imidazole rings is 1. The molecule has 6 rings (SSSR count). The maximum atomic E-state index is 13.3. The normalized spacial score (nSPS) is 13.8. The van der Waals surface area contributed by atoms with Crippen molar-refractivity contribution >= 4 is 22.1 Å². The molecule has 0 unspecified atom stereocenters. The van der Waals surface area contributed by atoms with Gasteiger partial charge >= 0.3 is 0 Å². The molecule has 168 valence electrons. The van der Waals surface area contributed by atoms with Crippen molar-refractivity contribution in [3.8, 4) is 35.1 Å². The van der Waals surface area contributed by atoms with Crippen LogP contribution in [-0.4, -0.2) is 31.2 Å². The van der Waals surface area contributed by atoms with E-state index in [0.29, 0.717) is 28.3 Å². The molecule has 1 aliphatic rings. The Kier molecular flexibility index (Phi) is 4.48. The lowest BCUT2D eigenvalue weighted by Crippen LogP contribution is -2.25. The van der Waals surface area contributed by atoms with E-state index in [9.17, 15) is 10.1 Å². The Morgan fingerprint density at radius 1 is 1.09 bits per heavy atom. The van der Waals surface area contributed by atoms with E-state index in [-0.39, 0.29) is 28.9 Å². The van der Waals surface area contributed by atoms with Gasteiger partial charge in [0.2, 0.25) is 11.6 Å². The van der Waals surface area contributed by atoms with Crippen molar-refractivity contribution in [3.05, 3.63) is 58.4 Å². The smallest absolute Gasteiger partial charge is 0.296 e. The number of hydrogen-bond acceptors (Lipinski definition) is 7. The molecule has 0 radical (unpaired) electrons. The molecule has 0 amide bonds. The van der Waals surface area contributed by atoms with Crippen LogP contribution in [-0.2, 0) is 7.05 Å². The van der Waals surface area contributed by atoms with E-state index in [1.165, 1.54) is 11.7 Å². The zero-order chi connectivity index (χ0) is 23.4. The highest BCUT2D eigenvalue weighted by Gasteiger charge is 2.29. The summed E-state index contributed by atoms with van der Waals surface area (Å²) >= 11 is 0. The van der Waals surface area contributed by atoms with Gasteiger partial charge in [0.15, 0.2) is 22.9 Å². The number of nitrogens with zero attached hydrogens (tertiary/aromatic N) is 6. The number of oxazole rings is 1. The van der Waals surface area contributed by atoms with Crippen LogP contribution in [0.5, 0.6) is 5.75 Å². The second-order valence-corrected chi connectivity index (χ2v) is 8.37. The van der Waals surface area contributed by atoms with E-state index in [4.69, 9.17) is 19.1 Å². The van der Waals surface area contributed by atoms with Crippen LogP contribution in [0.3, 0.4) is 0 Å². The maximum Gasteiger partial charge on any atom is 0.296 e. The predicted octanol–water partition coefficient (Wildman–Crippen LogP) is 4.21. The number of ether oxygens (including phenoxy) is 1. The third-order valence-corrected chi connectivity index (χ3v) is 6.41. The minimum atomic E-state index is -0.366. The quantitative estimate of drug-likeness (QED) is 0.401. The number of methoxy groups -OCH3 is 1. The summed E-state index contributed by atoms with van der Waals surface area (Å²) in [4.78, 5) is 27.5. The van der Waals surface area contributed by atoms with E-state index in [1.807, 2.05) is 36.4 Å². The minimum Gasteiger partial charge on any atom is -0.489 e.